The average Bonchev–Trinajstić information content (AvgIpc) is 2.80. The van der Waals surface area contributed by atoms with Crippen LogP contribution in [0, 0.1) is 5.92 Å². The largest absolute Gasteiger partial charge is 0.390 e. The molecule has 1 fully saturated rings. The van der Waals surface area contributed by atoms with E-state index in [0.29, 0.717) is 12.5 Å². The van der Waals surface area contributed by atoms with E-state index < -0.39 is 12.6 Å². The van der Waals surface area contributed by atoms with Crippen molar-refractivity contribution < 1.29 is 18.0 Å². The molecular weight excluding hydrogens is 221 g/mol. The van der Waals surface area contributed by atoms with Crippen LogP contribution in [0.4, 0.5) is 18.0 Å². The number of halogens is 3. The molecule has 0 aromatic carbocycles. The molecule has 94 valence electrons. The van der Waals surface area contributed by atoms with Crippen LogP contribution in [0.1, 0.15) is 26.7 Å². The van der Waals surface area contributed by atoms with Crippen LogP contribution in [-0.4, -0.2) is 36.2 Å². The topological polar surface area (TPSA) is 32.3 Å². The summed E-state index contributed by atoms with van der Waals surface area (Å²) < 4.78 is 36.0. The van der Waals surface area contributed by atoms with Crippen LogP contribution in [0.2, 0.25) is 0 Å². The number of nitrogens with one attached hydrogen (secondary N) is 1. The van der Waals surface area contributed by atoms with E-state index in [4.69, 9.17) is 0 Å². The molecule has 2 atom stereocenters. The third-order valence-electron chi connectivity index (χ3n) is 2.75. The number of urea groups is 1. The highest BCUT2D eigenvalue weighted by Crippen LogP contribution is 2.29. The maximum atomic E-state index is 12.0. The maximum absolute atomic E-state index is 12.0. The summed E-state index contributed by atoms with van der Waals surface area (Å²) in [6.45, 7) is 3.69. The summed E-state index contributed by atoms with van der Waals surface area (Å²) in [6.07, 6.45) is -4.24. The Labute approximate surface area is 93.0 Å². The van der Waals surface area contributed by atoms with Gasteiger partial charge in [-0.15, -0.1) is 0 Å². The van der Waals surface area contributed by atoms with Crippen LogP contribution in [0.15, 0.2) is 0 Å². The molecule has 0 saturated heterocycles. The Hall–Kier alpha value is -0.940. The summed E-state index contributed by atoms with van der Waals surface area (Å²) in [6, 6.07) is -0.242. The minimum atomic E-state index is -4.21. The Morgan fingerprint density at radius 1 is 1.50 bits per heavy atom. The highest BCUT2D eigenvalue weighted by molar-refractivity contribution is 5.74. The van der Waals surface area contributed by atoms with Crippen molar-refractivity contribution in [3.8, 4) is 0 Å². The van der Waals surface area contributed by atoms with Crippen LogP contribution in [0.3, 0.4) is 0 Å². The lowest BCUT2D eigenvalue weighted by Gasteiger charge is -2.22. The number of rotatable bonds is 4. The van der Waals surface area contributed by atoms with Gasteiger partial charge in [0.1, 0.15) is 0 Å². The molecule has 0 spiro atoms. The molecule has 0 heterocycles. The number of amides is 2. The summed E-state index contributed by atoms with van der Waals surface area (Å²) in [5.41, 5.74) is 0. The Bertz CT molecular complexity index is 255. The van der Waals surface area contributed by atoms with Crippen LogP contribution in [0.25, 0.3) is 0 Å². The predicted molar refractivity (Wildman–Crippen MR) is 54.0 cm³/mol. The molecule has 0 unspecified atom stereocenters. The quantitative estimate of drug-likeness (QED) is 0.801. The van der Waals surface area contributed by atoms with Gasteiger partial charge in [0.2, 0.25) is 0 Å². The number of carbonyl (C=O) groups is 1. The Morgan fingerprint density at radius 2 is 2.06 bits per heavy atom. The van der Waals surface area contributed by atoms with E-state index in [9.17, 15) is 18.0 Å². The second-order valence-electron chi connectivity index (χ2n) is 4.21. The molecule has 0 aromatic rings. The lowest BCUT2D eigenvalue weighted by molar-refractivity contribution is -0.136. The first-order valence-electron chi connectivity index (χ1n) is 5.45. The summed E-state index contributed by atoms with van der Waals surface area (Å²) in [5.74, 6) is 0.449. The molecular formula is C10H17F3N2O. The molecule has 2 amide bonds. The van der Waals surface area contributed by atoms with Crippen molar-refractivity contribution in [2.45, 2.75) is 38.9 Å². The minimum absolute atomic E-state index is 0.146. The van der Waals surface area contributed by atoms with Gasteiger partial charge in [-0.05, 0) is 19.3 Å². The van der Waals surface area contributed by atoms with Crippen LogP contribution < -0.4 is 5.32 Å². The number of carbonyl (C=O) groups excluding carboxylic acids is 1. The standard InChI is InChI=1S/C10H17F3N2O/c1-3-15(5-4-10(11,12)13)9(16)14-8-6-7(8)2/h7-8H,3-6H2,1-2H3,(H,14,16)/t7-,8+/m0/s1. The first kappa shape index (κ1) is 13.1. The third kappa shape index (κ3) is 4.28. The van der Waals surface area contributed by atoms with Gasteiger partial charge in [0, 0.05) is 19.1 Å². The van der Waals surface area contributed by atoms with Crippen molar-refractivity contribution in [3.63, 3.8) is 0 Å². The number of hydrogen-bond acceptors (Lipinski definition) is 1. The van der Waals surface area contributed by atoms with Crippen molar-refractivity contribution in [3.05, 3.63) is 0 Å². The summed E-state index contributed by atoms with van der Waals surface area (Å²) >= 11 is 0. The van der Waals surface area contributed by atoms with E-state index in [0.717, 1.165) is 6.42 Å². The maximum Gasteiger partial charge on any atom is 0.390 e. The number of alkyl halides is 3. The summed E-state index contributed by atoms with van der Waals surface area (Å²) in [4.78, 5) is 12.7. The van der Waals surface area contributed by atoms with Crippen LogP contribution >= 0.6 is 0 Å². The van der Waals surface area contributed by atoms with Gasteiger partial charge >= 0.3 is 12.2 Å². The molecule has 16 heavy (non-hydrogen) atoms. The molecule has 1 N–H and O–H groups in total. The van der Waals surface area contributed by atoms with Crippen molar-refractivity contribution in [1.29, 1.82) is 0 Å². The number of hydrogen-bond donors (Lipinski definition) is 1. The van der Waals surface area contributed by atoms with E-state index in [2.05, 4.69) is 5.32 Å². The Balaban J connectivity index is 2.32. The lowest BCUT2D eigenvalue weighted by Crippen LogP contribution is -2.42. The van der Waals surface area contributed by atoms with Crippen molar-refractivity contribution in [2.24, 2.45) is 5.92 Å². The fourth-order valence-electron chi connectivity index (χ4n) is 1.44. The predicted octanol–water partition coefficient (Wildman–Crippen LogP) is 2.38. The molecule has 3 nitrogen and oxygen atoms in total. The van der Waals surface area contributed by atoms with Gasteiger partial charge in [-0.25, -0.2) is 4.79 Å². The summed E-state index contributed by atoms with van der Waals surface area (Å²) in [5, 5.41) is 2.71. The lowest BCUT2D eigenvalue weighted by atomic mass is 10.4. The fraction of sp³-hybridized carbons (Fsp3) is 0.900. The average molecular weight is 238 g/mol. The molecule has 1 aliphatic rings. The molecule has 6 heteroatoms. The number of nitrogens with zero attached hydrogens (tertiary/aromatic N) is 1. The zero-order valence-corrected chi connectivity index (χ0v) is 9.47. The van der Waals surface area contributed by atoms with Crippen molar-refractivity contribution >= 4 is 6.03 Å². The third-order valence-corrected chi connectivity index (χ3v) is 2.75. The first-order valence-corrected chi connectivity index (χ1v) is 5.45. The van der Waals surface area contributed by atoms with Gasteiger partial charge in [-0.2, -0.15) is 13.2 Å². The van der Waals surface area contributed by atoms with Gasteiger partial charge in [0.05, 0.1) is 6.42 Å². The fourth-order valence-corrected chi connectivity index (χ4v) is 1.44. The Kier molecular flexibility index (Phi) is 4.04. The molecule has 0 aromatic heterocycles. The van der Waals surface area contributed by atoms with Crippen molar-refractivity contribution in [2.75, 3.05) is 13.1 Å². The molecule has 1 saturated carbocycles. The molecule has 1 rings (SSSR count). The van der Waals surface area contributed by atoms with E-state index in [1.165, 1.54) is 4.90 Å². The van der Waals surface area contributed by atoms with E-state index in [1.54, 1.807) is 6.92 Å². The zero-order chi connectivity index (χ0) is 12.3. The molecule has 0 radical (unpaired) electrons. The van der Waals surface area contributed by atoms with E-state index in [1.807, 2.05) is 6.92 Å². The second kappa shape index (κ2) is 4.93. The highest BCUT2D eigenvalue weighted by atomic mass is 19.4. The van der Waals surface area contributed by atoms with E-state index >= 15 is 0 Å². The van der Waals surface area contributed by atoms with Crippen molar-refractivity contribution in [1.82, 2.24) is 10.2 Å². The monoisotopic (exact) mass is 238 g/mol. The van der Waals surface area contributed by atoms with Crippen LogP contribution in [-0.2, 0) is 0 Å². The zero-order valence-electron chi connectivity index (χ0n) is 9.47. The van der Waals surface area contributed by atoms with Crippen LogP contribution in [0.5, 0.6) is 0 Å². The molecule has 1 aliphatic carbocycles. The highest BCUT2D eigenvalue weighted by Gasteiger charge is 2.35. The van der Waals surface area contributed by atoms with Gasteiger partial charge in [0.25, 0.3) is 0 Å². The first-order chi connectivity index (χ1) is 7.33. The molecule has 0 bridgehead atoms. The summed E-state index contributed by atoms with van der Waals surface area (Å²) in [7, 11) is 0. The van der Waals surface area contributed by atoms with Gasteiger partial charge in [0.15, 0.2) is 0 Å². The minimum Gasteiger partial charge on any atom is -0.335 e. The second-order valence-corrected chi connectivity index (χ2v) is 4.21. The van der Waals surface area contributed by atoms with Gasteiger partial charge in [-0.3, -0.25) is 0 Å². The molecule has 0 aliphatic heterocycles. The smallest absolute Gasteiger partial charge is 0.335 e. The van der Waals surface area contributed by atoms with Gasteiger partial charge in [-0.1, -0.05) is 6.92 Å². The van der Waals surface area contributed by atoms with E-state index in [-0.39, 0.29) is 18.6 Å². The normalized spacial score (nSPS) is 24.1. The van der Waals surface area contributed by atoms with Gasteiger partial charge < -0.3 is 10.2 Å². The SMILES string of the molecule is CCN(CCC(F)(F)F)C(=O)N[C@@H]1C[C@@H]1C. The Morgan fingerprint density at radius 3 is 2.44 bits per heavy atom.